The van der Waals surface area contributed by atoms with E-state index in [0.717, 1.165) is 37.7 Å². The smallest absolute Gasteiger partial charge is 0.275 e. The molecule has 3 aromatic rings. The number of nitrogens with one attached hydrogen (secondary N) is 2. The van der Waals surface area contributed by atoms with Crippen molar-refractivity contribution in [2.24, 2.45) is 16.3 Å². The highest BCUT2D eigenvalue weighted by Crippen LogP contribution is 2.50. The van der Waals surface area contributed by atoms with Crippen LogP contribution < -0.4 is 5.32 Å². The first-order valence-corrected chi connectivity index (χ1v) is 15.0. The average molecular weight is 594 g/mol. The lowest BCUT2D eigenvalue weighted by atomic mass is 9.67. The quantitative estimate of drug-likeness (QED) is 0.314. The molecule has 1 aliphatic heterocycles. The van der Waals surface area contributed by atoms with Crippen molar-refractivity contribution < 1.29 is 14.0 Å². The molecule has 9 nitrogen and oxygen atoms in total. The number of amides is 2. The van der Waals surface area contributed by atoms with Gasteiger partial charge in [0.2, 0.25) is 0 Å². The van der Waals surface area contributed by atoms with Crippen molar-refractivity contribution in [2.75, 3.05) is 0 Å². The Hall–Kier alpha value is -3.66. The number of benzene rings is 2. The predicted octanol–water partition coefficient (Wildman–Crippen LogP) is 6.03. The summed E-state index contributed by atoms with van der Waals surface area (Å²) in [4.78, 5) is 34.0. The van der Waals surface area contributed by atoms with E-state index in [0.29, 0.717) is 35.0 Å². The summed E-state index contributed by atoms with van der Waals surface area (Å²) in [6, 6.07) is 11.4. The van der Waals surface area contributed by atoms with Crippen LogP contribution in [-0.4, -0.2) is 48.7 Å². The zero-order valence-corrected chi connectivity index (χ0v) is 25.2. The summed E-state index contributed by atoms with van der Waals surface area (Å²) in [5.41, 5.74) is 1.75. The van der Waals surface area contributed by atoms with E-state index < -0.39 is 11.5 Å². The van der Waals surface area contributed by atoms with E-state index in [2.05, 4.69) is 53.6 Å². The lowest BCUT2D eigenvalue weighted by Gasteiger charge is -2.48. The van der Waals surface area contributed by atoms with Crippen LogP contribution in [0, 0.1) is 17.2 Å². The number of carbonyl (C=O) groups is 2. The Balaban J connectivity index is 1.44. The van der Waals surface area contributed by atoms with Crippen molar-refractivity contribution >= 4 is 29.1 Å². The van der Waals surface area contributed by atoms with Gasteiger partial charge in [-0.25, -0.2) is 4.39 Å². The van der Waals surface area contributed by atoms with Gasteiger partial charge in [-0.3, -0.25) is 14.6 Å². The van der Waals surface area contributed by atoms with Crippen LogP contribution in [0.25, 0.3) is 0 Å². The molecule has 42 heavy (non-hydrogen) atoms. The second-order valence-corrected chi connectivity index (χ2v) is 12.3. The molecule has 5 rings (SSSR count). The third-order valence-electron chi connectivity index (χ3n) is 9.24. The maximum absolute atomic E-state index is 14.2. The molecule has 0 saturated heterocycles. The van der Waals surface area contributed by atoms with Crippen LogP contribution in [0.3, 0.4) is 0 Å². The number of halogens is 2. The van der Waals surface area contributed by atoms with Gasteiger partial charge in [0.25, 0.3) is 11.8 Å². The maximum atomic E-state index is 14.2. The Bertz CT molecular complexity index is 1460. The summed E-state index contributed by atoms with van der Waals surface area (Å²) in [5.74, 6) is -0.0503. The number of H-pyrrole nitrogens is 1. The van der Waals surface area contributed by atoms with Crippen LogP contribution in [0.15, 0.2) is 47.5 Å². The van der Waals surface area contributed by atoms with Gasteiger partial charge in [-0.05, 0) is 79.3 Å². The molecule has 1 spiro atoms. The van der Waals surface area contributed by atoms with Crippen LogP contribution in [-0.2, 0) is 11.3 Å². The highest BCUT2D eigenvalue weighted by Gasteiger charge is 2.52. The standard InChI is InChI=1S/C31H37ClFN7O2/c1-5-25(19-7-9-20(10-8-19)28(41)34-18-26-36-38-39-37-26)40-29(42)27(21-11-12-24(33)23(32)17-21)35-31(40)15-13-22(14-16-31)30(3,4)6-2/h7-12,17,22,25H,5-6,13-16,18H2,1-4H3,(H,34,41)(H,36,37,38,39)/t22?,25-,31?/m1/s1. The maximum Gasteiger partial charge on any atom is 0.275 e. The molecular weight excluding hydrogens is 557 g/mol. The van der Waals surface area contributed by atoms with Crippen LogP contribution in [0.2, 0.25) is 5.02 Å². The van der Waals surface area contributed by atoms with Crippen molar-refractivity contribution in [3.05, 3.63) is 75.8 Å². The van der Waals surface area contributed by atoms with E-state index in [1.165, 1.54) is 12.1 Å². The molecular formula is C31H37ClFN7O2. The fourth-order valence-electron chi connectivity index (χ4n) is 6.32. The third kappa shape index (κ3) is 5.69. The first-order chi connectivity index (χ1) is 20.1. The predicted molar refractivity (Wildman–Crippen MR) is 158 cm³/mol. The van der Waals surface area contributed by atoms with Crippen molar-refractivity contribution in [1.29, 1.82) is 0 Å². The van der Waals surface area contributed by atoms with Gasteiger partial charge in [0.05, 0.1) is 17.6 Å². The first-order valence-electron chi connectivity index (χ1n) is 14.6. The number of tetrazole rings is 1. The van der Waals surface area contributed by atoms with Gasteiger partial charge in [-0.2, -0.15) is 5.21 Å². The number of nitrogens with zero attached hydrogens (tertiary/aromatic N) is 5. The van der Waals surface area contributed by atoms with Gasteiger partial charge in [0, 0.05) is 11.1 Å². The molecule has 2 aliphatic rings. The Labute approximate surface area is 250 Å². The Morgan fingerprint density at radius 1 is 1.19 bits per heavy atom. The van der Waals surface area contributed by atoms with Gasteiger partial charge >= 0.3 is 0 Å². The van der Waals surface area contributed by atoms with Crippen molar-refractivity contribution in [3.8, 4) is 0 Å². The van der Waals surface area contributed by atoms with Crippen LogP contribution in [0.5, 0.6) is 0 Å². The van der Waals surface area contributed by atoms with E-state index in [1.807, 2.05) is 17.0 Å². The fourth-order valence-corrected chi connectivity index (χ4v) is 6.50. The van der Waals surface area contributed by atoms with E-state index in [9.17, 15) is 14.0 Å². The van der Waals surface area contributed by atoms with Gasteiger partial charge in [0.15, 0.2) is 5.82 Å². The Morgan fingerprint density at radius 2 is 1.90 bits per heavy atom. The second kappa shape index (κ2) is 11.9. The van der Waals surface area contributed by atoms with E-state index >= 15 is 0 Å². The molecule has 1 aromatic heterocycles. The van der Waals surface area contributed by atoms with E-state index in [4.69, 9.17) is 16.6 Å². The SMILES string of the molecule is CC[C@H](c1ccc(C(=O)NCc2nn[nH]n2)cc1)N1C(=O)C(c2ccc(F)c(Cl)c2)=NC12CCC(C(C)(C)CC)CC2. The Kier molecular flexibility index (Phi) is 8.46. The van der Waals surface area contributed by atoms with E-state index in [-0.39, 0.29) is 34.8 Å². The van der Waals surface area contributed by atoms with E-state index in [1.54, 1.807) is 18.2 Å². The molecule has 2 heterocycles. The highest BCUT2D eigenvalue weighted by atomic mass is 35.5. The van der Waals surface area contributed by atoms with Crippen molar-refractivity contribution in [1.82, 2.24) is 30.8 Å². The second-order valence-electron chi connectivity index (χ2n) is 11.9. The van der Waals surface area contributed by atoms with Crippen molar-refractivity contribution in [2.45, 2.75) is 84.5 Å². The van der Waals surface area contributed by atoms with Crippen LogP contribution in [0.1, 0.15) is 99.6 Å². The summed E-state index contributed by atoms with van der Waals surface area (Å²) >= 11 is 6.12. The summed E-state index contributed by atoms with van der Waals surface area (Å²) in [6.07, 6.45) is 5.16. The molecule has 222 valence electrons. The molecule has 11 heteroatoms. The average Bonchev–Trinajstić information content (AvgIpc) is 3.61. The summed E-state index contributed by atoms with van der Waals surface area (Å²) < 4.78 is 14.0. The number of aromatic amines is 1. The molecule has 0 radical (unpaired) electrons. The van der Waals surface area contributed by atoms with Gasteiger partial charge in [0.1, 0.15) is 17.2 Å². The lowest BCUT2D eigenvalue weighted by Crippen LogP contribution is -2.51. The topological polar surface area (TPSA) is 116 Å². The molecule has 2 aromatic carbocycles. The summed E-state index contributed by atoms with van der Waals surface area (Å²) in [7, 11) is 0. The lowest BCUT2D eigenvalue weighted by molar-refractivity contribution is -0.133. The summed E-state index contributed by atoms with van der Waals surface area (Å²) in [6.45, 7) is 9.07. The zero-order chi connectivity index (χ0) is 30.1. The number of rotatable bonds is 9. The van der Waals surface area contributed by atoms with Crippen LogP contribution >= 0.6 is 11.6 Å². The molecule has 1 fully saturated rings. The minimum absolute atomic E-state index is 0.0378. The van der Waals surface area contributed by atoms with Gasteiger partial charge < -0.3 is 10.2 Å². The zero-order valence-electron chi connectivity index (χ0n) is 24.5. The van der Waals surface area contributed by atoms with Crippen LogP contribution in [0.4, 0.5) is 4.39 Å². The van der Waals surface area contributed by atoms with Gasteiger partial charge in [-0.15, -0.1) is 10.2 Å². The number of aromatic nitrogens is 4. The molecule has 0 bridgehead atoms. The number of aliphatic imine (C=N–C) groups is 1. The number of carbonyl (C=O) groups excluding carboxylic acids is 2. The Morgan fingerprint density at radius 3 is 2.50 bits per heavy atom. The minimum Gasteiger partial charge on any atom is -0.345 e. The molecule has 2 amide bonds. The third-order valence-corrected chi connectivity index (χ3v) is 9.53. The van der Waals surface area contributed by atoms with Crippen molar-refractivity contribution in [3.63, 3.8) is 0 Å². The monoisotopic (exact) mass is 593 g/mol. The van der Waals surface area contributed by atoms with Gasteiger partial charge in [-0.1, -0.05) is 63.1 Å². The minimum atomic E-state index is -0.699. The molecule has 0 unspecified atom stereocenters. The number of hydrogen-bond acceptors (Lipinski definition) is 6. The molecule has 1 atom stereocenters. The molecule has 1 aliphatic carbocycles. The first kappa shape index (κ1) is 29.8. The number of hydrogen-bond donors (Lipinski definition) is 2. The molecule has 1 saturated carbocycles. The highest BCUT2D eigenvalue weighted by molar-refractivity contribution is 6.47. The summed E-state index contributed by atoms with van der Waals surface area (Å²) in [5, 5.41) is 16.3. The molecule has 2 N–H and O–H groups in total. The normalized spacial score (nSPS) is 21.5. The largest absolute Gasteiger partial charge is 0.345 e. The fraction of sp³-hybridized carbons (Fsp3) is 0.484.